The Labute approximate surface area is 179 Å². The average molecular weight is 428 g/mol. The van der Waals surface area contributed by atoms with Gasteiger partial charge in [-0.2, -0.15) is 0 Å². The number of hydrogen-bond acceptors (Lipinski definition) is 6. The summed E-state index contributed by atoms with van der Waals surface area (Å²) in [4.78, 5) is 13.1. The van der Waals surface area contributed by atoms with Crippen LogP contribution in [-0.4, -0.2) is 46.2 Å². The number of nitrogens with two attached hydrogens (primary N) is 1. The molecule has 6 nitrogen and oxygen atoms in total. The first-order valence-electron chi connectivity index (χ1n) is 9.78. The molecule has 1 aliphatic rings. The molecule has 1 atom stereocenters. The standard InChI is InChI=1S/C22H23ClFN5O/c1-14(18-12-17(30)6-7-19(18)23)28-8-10-29(11-9-28)22-20(21(25)26-13-27-22)15-2-4-16(24)5-3-15/h2-7,12-14,30H,8-11H2,1H3,(H2,25,26,27). The Kier molecular flexibility index (Phi) is 5.74. The highest BCUT2D eigenvalue weighted by Crippen LogP contribution is 2.35. The SMILES string of the molecule is CC(c1cc(O)ccc1Cl)N1CCN(c2ncnc(N)c2-c2ccc(F)cc2)CC1. The van der Waals surface area contributed by atoms with Crippen LogP contribution >= 0.6 is 11.6 Å². The van der Waals surface area contributed by atoms with E-state index in [1.807, 2.05) is 0 Å². The Bertz CT molecular complexity index is 1040. The summed E-state index contributed by atoms with van der Waals surface area (Å²) in [7, 11) is 0. The molecule has 0 saturated carbocycles. The van der Waals surface area contributed by atoms with E-state index < -0.39 is 0 Å². The molecule has 1 fully saturated rings. The molecule has 0 radical (unpaired) electrons. The van der Waals surface area contributed by atoms with Crippen LogP contribution < -0.4 is 10.6 Å². The molecule has 3 N–H and O–H groups in total. The lowest BCUT2D eigenvalue weighted by Gasteiger charge is -2.39. The maximum absolute atomic E-state index is 13.4. The zero-order chi connectivity index (χ0) is 21.3. The molecule has 2 heterocycles. The molecule has 0 aliphatic carbocycles. The number of halogens is 2. The van der Waals surface area contributed by atoms with Crippen LogP contribution in [0.15, 0.2) is 48.8 Å². The number of nitrogen functional groups attached to an aromatic ring is 1. The molecule has 156 valence electrons. The van der Waals surface area contributed by atoms with Gasteiger partial charge in [-0.1, -0.05) is 23.7 Å². The highest BCUT2D eigenvalue weighted by Gasteiger charge is 2.26. The summed E-state index contributed by atoms with van der Waals surface area (Å²) < 4.78 is 13.4. The topological polar surface area (TPSA) is 78.5 Å². The number of rotatable bonds is 4. The Morgan fingerprint density at radius 1 is 1.07 bits per heavy atom. The fourth-order valence-electron chi connectivity index (χ4n) is 3.89. The maximum Gasteiger partial charge on any atom is 0.142 e. The number of piperazine rings is 1. The predicted molar refractivity (Wildman–Crippen MR) is 117 cm³/mol. The number of phenols is 1. The normalized spacial score (nSPS) is 15.9. The molecule has 0 bridgehead atoms. The molecule has 3 aromatic rings. The molecular formula is C22H23ClFN5O. The minimum absolute atomic E-state index is 0.0683. The molecule has 2 aromatic carbocycles. The van der Waals surface area contributed by atoms with Crippen LogP contribution in [0.5, 0.6) is 5.75 Å². The highest BCUT2D eigenvalue weighted by atomic mass is 35.5. The molecular weight excluding hydrogens is 405 g/mol. The first kappa shape index (κ1) is 20.4. The summed E-state index contributed by atoms with van der Waals surface area (Å²) in [6.07, 6.45) is 1.46. The van der Waals surface area contributed by atoms with E-state index in [1.54, 1.807) is 30.3 Å². The first-order valence-corrected chi connectivity index (χ1v) is 10.2. The van der Waals surface area contributed by atoms with E-state index in [-0.39, 0.29) is 17.6 Å². The van der Waals surface area contributed by atoms with Gasteiger partial charge < -0.3 is 15.7 Å². The van der Waals surface area contributed by atoms with Gasteiger partial charge in [0.25, 0.3) is 0 Å². The fourth-order valence-corrected chi connectivity index (χ4v) is 4.17. The third-order valence-corrected chi connectivity index (χ3v) is 5.92. The van der Waals surface area contributed by atoms with Gasteiger partial charge in [0.2, 0.25) is 0 Å². The number of hydrogen-bond donors (Lipinski definition) is 2. The molecule has 4 rings (SSSR count). The van der Waals surface area contributed by atoms with Crippen molar-refractivity contribution in [2.45, 2.75) is 13.0 Å². The van der Waals surface area contributed by atoms with E-state index in [4.69, 9.17) is 17.3 Å². The monoisotopic (exact) mass is 427 g/mol. The molecule has 0 amide bonds. The summed E-state index contributed by atoms with van der Waals surface area (Å²) in [5, 5.41) is 10.5. The van der Waals surface area contributed by atoms with Gasteiger partial charge >= 0.3 is 0 Å². The lowest BCUT2D eigenvalue weighted by molar-refractivity contribution is 0.198. The average Bonchev–Trinajstić information content (AvgIpc) is 2.76. The van der Waals surface area contributed by atoms with Gasteiger partial charge in [0, 0.05) is 37.2 Å². The summed E-state index contributed by atoms with van der Waals surface area (Å²) in [6, 6.07) is 11.3. The lowest BCUT2D eigenvalue weighted by Crippen LogP contribution is -2.47. The molecule has 1 aromatic heterocycles. The van der Waals surface area contributed by atoms with Crippen molar-refractivity contribution in [3.63, 3.8) is 0 Å². The first-order chi connectivity index (χ1) is 14.4. The fraction of sp³-hybridized carbons (Fsp3) is 0.273. The predicted octanol–water partition coefficient (Wildman–Crippen LogP) is 4.11. The van der Waals surface area contributed by atoms with Crippen LogP contribution in [0.4, 0.5) is 16.0 Å². The Morgan fingerprint density at radius 3 is 2.47 bits per heavy atom. The van der Waals surface area contributed by atoms with Crippen molar-refractivity contribution in [2.24, 2.45) is 0 Å². The highest BCUT2D eigenvalue weighted by molar-refractivity contribution is 6.31. The molecule has 8 heteroatoms. The van der Waals surface area contributed by atoms with Gasteiger partial charge in [-0.3, -0.25) is 4.90 Å². The van der Waals surface area contributed by atoms with Crippen molar-refractivity contribution in [2.75, 3.05) is 36.8 Å². The van der Waals surface area contributed by atoms with Crippen molar-refractivity contribution >= 4 is 23.2 Å². The van der Waals surface area contributed by atoms with Crippen LogP contribution in [0.3, 0.4) is 0 Å². The summed E-state index contributed by atoms with van der Waals surface area (Å²) in [5.74, 6) is 1.02. The summed E-state index contributed by atoms with van der Waals surface area (Å²) >= 11 is 6.35. The van der Waals surface area contributed by atoms with Crippen molar-refractivity contribution in [3.8, 4) is 16.9 Å². The zero-order valence-corrected chi connectivity index (χ0v) is 17.3. The maximum atomic E-state index is 13.4. The van der Waals surface area contributed by atoms with Crippen LogP contribution in [-0.2, 0) is 0 Å². The van der Waals surface area contributed by atoms with E-state index in [2.05, 4.69) is 26.7 Å². The quantitative estimate of drug-likeness (QED) is 0.652. The Hall–Kier alpha value is -2.90. The third-order valence-electron chi connectivity index (χ3n) is 5.58. The number of aromatic nitrogens is 2. The number of phenolic OH excluding ortho intramolecular Hbond substituents is 1. The van der Waals surface area contributed by atoms with Crippen molar-refractivity contribution in [3.05, 3.63) is 65.2 Å². The minimum Gasteiger partial charge on any atom is -0.508 e. The second kappa shape index (κ2) is 8.45. The second-order valence-electron chi connectivity index (χ2n) is 7.37. The molecule has 1 saturated heterocycles. The number of benzene rings is 2. The lowest BCUT2D eigenvalue weighted by atomic mass is 10.0. The molecule has 0 spiro atoms. The third kappa shape index (κ3) is 4.04. The van der Waals surface area contributed by atoms with Crippen molar-refractivity contribution in [1.29, 1.82) is 0 Å². The van der Waals surface area contributed by atoms with Crippen LogP contribution in [0.1, 0.15) is 18.5 Å². The van der Waals surface area contributed by atoms with Crippen LogP contribution in [0.2, 0.25) is 5.02 Å². The van der Waals surface area contributed by atoms with E-state index in [1.165, 1.54) is 18.5 Å². The smallest absolute Gasteiger partial charge is 0.142 e. The van der Waals surface area contributed by atoms with Crippen molar-refractivity contribution in [1.82, 2.24) is 14.9 Å². The van der Waals surface area contributed by atoms with E-state index in [0.717, 1.165) is 48.7 Å². The van der Waals surface area contributed by atoms with Gasteiger partial charge in [0.1, 0.15) is 29.5 Å². The van der Waals surface area contributed by atoms with Crippen LogP contribution in [0.25, 0.3) is 11.1 Å². The Morgan fingerprint density at radius 2 is 1.77 bits per heavy atom. The number of anilines is 2. The van der Waals surface area contributed by atoms with E-state index in [9.17, 15) is 9.50 Å². The zero-order valence-electron chi connectivity index (χ0n) is 16.6. The van der Waals surface area contributed by atoms with Gasteiger partial charge in [0.15, 0.2) is 0 Å². The van der Waals surface area contributed by atoms with E-state index in [0.29, 0.717) is 10.8 Å². The number of aromatic hydroxyl groups is 1. The minimum atomic E-state index is -0.302. The Balaban J connectivity index is 1.54. The van der Waals surface area contributed by atoms with Crippen molar-refractivity contribution < 1.29 is 9.50 Å². The molecule has 1 aliphatic heterocycles. The second-order valence-corrected chi connectivity index (χ2v) is 7.78. The number of nitrogens with zero attached hydrogens (tertiary/aromatic N) is 4. The summed E-state index contributed by atoms with van der Waals surface area (Å²) in [5.41, 5.74) is 8.57. The van der Waals surface area contributed by atoms with Gasteiger partial charge in [0.05, 0.1) is 5.56 Å². The van der Waals surface area contributed by atoms with E-state index >= 15 is 0 Å². The van der Waals surface area contributed by atoms with Gasteiger partial charge in [-0.25, -0.2) is 14.4 Å². The summed E-state index contributed by atoms with van der Waals surface area (Å²) in [6.45, 7) is 5.15. The largest absolute Gasteiger partial charge is 0.508 e. The molecule has 30 heavy (non-hydrogen) atoms. The van der Waals surface area contributed by atoms with Crippen LogP contribution in [0, 0.1) is 5.82 Å². The molecule has 1 unspecified atom stereocenters. The van der Waals surface area contributed by atoms with Gasteiger partial charge in [-0.05, 0) is 48.4 Å². The van der Waals surface area contributed by atoms with Gasteiger partial charge in [-0.15, -0.1) is 0 Å².